The van der Waals surface area contributed by atoms with E-state index in [2.05, 4.69) is 17.3 Å². The first-order valence-corrected chi connectivity index (χ1v) is 9.45. The Labute approximate surface area is 151 Å². The second-order valence-corrected chi connectivity index (χ2v) is 7.81. The molecule has 1 N–H and O–H groups in total. The normalized spacial score (nSPS) is 18.5. The van der Waals surface area contributed by atoms with Gasteiger partial charge in [-0.3, -0.25) is 0 Å². The average molecular weight is 349 g/mol. The molecular formula is C18H32BN3O3. The molecule has 25 heavy (non-hydrogen) atoms. The third kappa shape index (κ3) is 5.08. The first kappa shape index (κ1) is 20.0. The number of aromatic nitrogens is 2. The molecule has 0 atom stereocenters. The molecule has 2 heterocycles. The van der Waals surface area contributed by atoms with Gasteiger partial charge in [-0.15, -0.1) is 0 Å². The Hall–Kier alpha value is -1.34. The van der Waals surface area contributed by atoms with Gasteiger partial charge in [0.1, 0.15) is 0 Å². The number of nitrogens with zero attached hydrogens (tertiary/aromatic N) is 2. The number of hydrogen-bond acceptors (Lipinski definition) is 4. The van der Waals surface area contributed by atoms with Crippen molar-refractivity contribution in [1.29, 1.82) is 0 Å². The Morgan fingerprint density at radius 3 is 2.36 bits per heavy atom. The van der Waals surface area contributed by atoms with Crippen molar-refractivity contribution in [1.82, 2.24) is 15.1 Å². The topological polar surface area (TPSA) is 65.4 Å². The molecule has 0 unspecified atom stereocenters. The van der Waals surface area contributed by atoms with E-state index in [1.807, 2.05) is 27.7 Å². The molecule has 2 rings (SSSR count). The highest BCUT2D eigenvalue weighted by Gasteiger charge is 2.52. The second kappa shape index (κ2) is 8.36. The lowest BCUT2D eigenvalue weighted by atomic mass is 9.82. The molecule has 1 saturated heterocycles. The summed E-state index contributed by atoms with van der Waals surface area (Å²) in [7, 11) is -0.495. The predicted octanol–water partition coefficient (Wildman–Crippen LogP) is 3.10. The second-order valence-electron chi connectivity index (χ2n) is 7.81. The van der Waals surface area contributed by atoms with E-state index < -0.39 is 18.3 Å². The summed E-state index contributed by atoms with van der Waals surface area (Å²) in [6, 6.07) is -0.212. The van der Waals surface area contributed by atoms with Crippen LogP contribution in [0.3, 0.4) is 0 Å². The Bertz CT molecular complexity index is 556. The highest BCUT2D eigenvalue weighted by Crippen LogP contribution is 2.36. The van der Waals surface area contributed by atoms with Gasteiger partial charge in [0, 0.05) is 24.4 Å². The van der Waals surface area contributed by atoms with Crippen LogP contribution in [-0.4, -0.2) is 40.7 Å². The fourth-order valence-corrected chi connectivity index (χ4v) is 2.73. The van der Waals surface area contributed by atoms with Crippen molar-refractivity contribution < 1.29 is 14.1 Å². The summed E-state index contributed by atoms with van der Waals surface area (Å²) < 4.78 is 13.3. The highest BCUT2D eigenvalue weighted by atomic mass is 16.7. The number of carbonyl (C=O) groups is 1. The zero-order chi connectivity index (χ0) is 18.5. The molecule has 6 nitrogen and oxygen atoms in total. The molecule has 0 saturated carbocycles. The minimum Gasteiger partial charge on any atom is -0.399 e. The van der Waals surface area contributed by atoms with Crippen molar-refractivity contribution in [2.24, 2.45) is 0 Å². The number of hydrogen-bond donors (Lipinski definition) is 1. The average Bonchev–Trinajstić information content (AvgIpc) is 3.09. The molecule has 1 aromatic rings. The van der Waals surface area contributed by atoms with Crippen LogP contribution in [0.2, 0.25) is 0 Å². The van der Waals surface area contributed by atoms with E-state index in [9.17, 15) is 4.79 Å². The minimum absolute atomic E-state index is 0.212. The first-order chi connectivity index (χ1) is 11.8. The van der Waals surface area contributed by atoms with Crippen molar-refractivity contribution in [3.8, 4) is 0 Å². The number of nitrogens with one attached hydrogen (secondary N) is 1. The van der Waals surface area contributed by atoms with Crippen LogP contribution in [0.5, 0.6) is 0 Å². The van der Waals surface area contributed by atoms with Gasteiger partial charge in [-0.25, -0.2) is 4.79 Å². The number of unbranched alkanes of at least 4 members (excludes halogenated alkanes) is 5. The van der Waals surface area contributed by atoms with E-state index in [-0.39, 0.29) is 6.03 Å². The van der Waals surface area contributed by atoms with Crippen molar-refractivity contribution in [2.45, 2.75) is 84.3 Å². The molecule has 0 radical (unpaired) electrons. The van der Waals surface area contributed by atoms with Crippen LogP contribution < -0.4 is 10.8 Å². The van der Waals surface area contributed by atoms with Crippen LogP contribution in [0, 0.1) is 0 Å². The third-order valence-corrected chi connectivity index (χ3v) is 5.14. The zero-order valence-corrected chi connectivity index (χ0v) is 16.3. The Kier molecular flexibility index (Phi) is 6.68. The van der Waals surface area contributed by atoms with Crippen molar-refractivity contribution >= 4 is 18.6 Å². The van der Waals surface area contributed by atoms with E-state index in [1.165, 1.54) is 30.4 Å². The first-order valence-electron chi connectivity index (χ1n) is 9.45. The van der Waals surface area contributed by atoms with Gasteiger partial charge >= 0.3 is 13.1 Å². The summed E-state index contributed by atoms with van der Waals surface area (Å²) in [6.45, 7) is 10.9. The maximum atomic E-state index is 12.2. The maximum absolute atomic E-state index is 12.2. The molecule has 1 amide bonds. The quantitative estimate of drug-likeness (QED) is 0.579. The lowest BCUT2D eigenvalue weighted by Crippen LogP contribution is -2.41. The van der Waals surface area contributed by atoms with Gasteiger partial charge in [-0.1, -0.05) is 39.0 Å². The van der Waals surface area contributed by atoms with Gasteiger partial charge in [0.2, 0.25) is 0 Å². The van der Waals surface area contributed by atoms with E-state index in [1.54, 1.807) is 12.4 Å². The van der Waals surface area contributed by atoms with Gasteiger partial charge < -0.3 is 14.6 Å². The maximum Gasteiger partial charge on any atom is 0.498 e. The summed E-state index contributed by atoms with van der Waals surface area (Å²) in [5.74, 6) is 0. The molecule has 140 valence electrons. The molecule has 1 aliphatic heterocycles. The van der Waals surface area contributed by atoms with Crippen LogP contribution in [0.15, 0.2) is 12.4 Å². The molecule has 7 heteroatoms. The molecular weight excluding hydrogens is 317 g/mol. The largest absolute Gasteiger partial charge is 0.498 e. The molecule has 0 aromatic carbocycles. The summed E-state index contributed by atoms with van der Waals surface area (Å²) >= 11 is 0. The number of carbonyl (C=O) groups excluding carboxylic acids is 1. The summed E-state index contributed by atoms with van der Waals surface area (Å²) in [4.78, 5) is 12.2. The minimum atomic E-state index is -0.495. The van der Waals surface area contributed by atoms with Crippen LogP contribution in [-0.2, 0) is 9.31 Å². The van der Waals surface area contributed by atoms with Gasteiger partial charge in [0.25, 0.3) is 0 Å². The number of amides is 1. The molecule has 1 aliphatic rings. The van der Waals surface area contributed by atoms with Gasteiger partial charge in [0.05, 0.1) is 11.2 Å². The van der Waals surface area contributed by atoms with Crippen LogP contribution in [0.25, 0.3) is 0 Å². The van der Waals surface area contributed by atoms with Crippen LogP contribution >= 0.6 is 0 Å². The monoisotopic (exact) mass is 349 g/mol. The van der Waals surface area contributed by atoms with E-state index >= 15 is 0 Å². The van der Waals surface area contributed by atoms with Crippen LogP contribution in [0.1, 0.15) is 73.1 Å². The Morgan fingerprint density at radius 1 is 1.12 bits per heavy atom. The molecule has 1 fully saturated rings. The SMILES string of the molecule is CCCCCCCCNC(=O)n1cc(B2OC(C)(C)C(C)(C)O2)cn1. The Balaban J connectivity index is 1.78. The van der Waals surface area contributed by atoms with E-state index in [0.717, 1.165) is 18.3 Å². The van der Waals surface area contributed by atoms with Crippen LogP contribution in [0.4, 0.5) is 4.79 Å². The summed E-state index contributed by atoms with van der Waals surface area (Å²) in [5.41, 5.74) is -0.0482. The lowest BCUT2D eigenvalue weighted by molar-refractivity contribution is 0.00578. The highest BCUT2D eigenvalue weighted by molar-refractivity contribution is 6.62. The summed E-state index contributed by atoms with van der Waals surface area (Å²) in [5, 5.41) is 7.05. The van der Waals surface area contributed by atoms with Gasteiger partial charge in [0.15, 0.2) is 0 Å². The number of rotatable bonds is 8. The van der Waals surface area contributed by atoms with Gasteiger partial charge in [-0.05, 0) is 34.1 Å². The lowest BCUT2D eigenvalue weighted by Gasteiger charge is -2.32. The molecule has 1 aromatic heterocycles. The summed E-state index contributed by atoms with van der Waals surface area (Å²) in [6.07, 6.45) is 10.5. The van der Waals surface area contributed by atoms with Crippen molar-refractivity contribution in [3.63, 3.8) is 0 Å². The molecule has 0 spiro atoms. The fourth-order valence-electron chi connectivity index (χ4n) is 2.73. The predicted molar refractivity (Wildman–Crippen MR) is 100 cm³/mol. The van der Waals surface area contributed by atoms with Crippen molar-refractivity contribution in [3.05, 3.63) is 12.4 Å². The van der Waals surface area contributed by atoms with E-state index in [0.29, 0.717) is 6.54 Å². The zero-order valence-electron chi connectivity index (χ0n) is 16.3. The van der Waals surface area contributed by atoms with E-state index in [4.69, 9.17) is 9.31 Å². The smallest absolute Gasteiger partial charge is 0.399 e. The van der Waals surface area contributed by atoms with Gasteiger partial charge in [-0.2, -0.15) is 9.78 Å². The standard InChI is InChI=1S/C18H32BN3O3/c1-6-7-8-9-10-11-12-20-16(23)22-14-15(13-21-22)19-24-17(2,3)18(4,5)25-19/h13-14H,6-12H2,1-5H3,(H,20,23). The van der Waals surface area contributed by atoms with Crippen molar-refractivity contribution in [2.75, 3.05) is 6.54 Å². The fraction of sp³-hybridized carbons (Fsp3) is 0.778. The third-order valence-electron chi connectivity index (χ3n) is 5.14. The molecule has 0 aliphatic carbocycles. The Morgan fingerprint density at radius 2 is 1.72 bits per heavy atom. The molecule has 0 bridgehead atoms.